The molecule has 0 bridgehead atoms. The van der Waals surface area contributed by atoms with Crippen molar-refractivity contribution in [2.45, 2.75) is 25.1 Å². The van der Waals surface area contributed by atoms with Crippen LogP contribution in [0.5, 0.6) is 0 Å². The van der Waals surface area contributed by atoms with E-state index in [-0.39, 0.29) is 23.1 Å². The molecule has 0 unspecified atom stereocenters. The van der Waals surface area contributed by atoms with E-state index in [1.165, 1.54) is 4.90 Å². The summed E-state index contributed by atoms with van der Waals surface area (Å²) in [5.74, 6) is -1.89. The van der Waals surface area contributed by atoms with Crippen molar-refractivity contribution in [3.8, 4) is 0 Å². The molecular weight excluding hydrogens is 380 g/mol. The molecule has 0 spiro atoms. The van der Waals surface area contributed by atoms with Crippen LogP contribution >= 0.6 is 0 Å². The van der Waals surface area contributed by atoms with Crippen molar-refractivity contribution >= 4 is 11.9 Å². The number of anilines is 1. The summed E-state index contributed by atoms with van der Waals surface area (Å²) in [6.45, 7) is 0. The molecule has 1 atom stereocenters. The molecule has 0 saturated heterocycles. The quantitative estimate of drug-likeness (QED) is 0.760. The molecule has 0 radical (unpaired) electrons. The Morgan fingerprint density at radius 3 is 2.50 bits per heavy atom. The Kier molecular flexibility index (Phi) is 5.14. The average molecular weight is 398 g/mol. The van der Waals surface area contributed by atoms with Gasteiger partial charge in [-0.1, -0.05) is 6.07 Å². The molecule has 3 rings (SSSR count). The van der Waals surface area contributed by atoms with E-state index in [9.17, 15) is 27.2 Å². The molecule has 1 aliphatic rings. The second-order valence-corrected chi connectivity index (χ2v) is 6.87. The number of halogens is 4. The summed E-state index contributed by atoms with van der Waals surface area (Å²) in [6, 6.07) is 2.98. The minimum atomic E-state index is -4.79. The number of aromatic nitrogens is 2. The minimum Gasteiger partial charge on any atom is -0.348 e. The van der Waals surface area contributed by atoms with E-state index in [0.717, 1.165) is 31.0 Å². The number of hydrogen-bond acceptors (Lipinski definition) is 4. The van der Waals surface area contributed by atoms with Crippen LogP contribution in [0, 0.1) is 11.7 Å². The van der Waals surface area contributed by atoms with Gasteiger partial charge in [-0.25, -0.2) is 9.37 Å². The first kappa shape index (κ1) is 19.8. The SMILES string of the molecule is CN(C)c1nc(C(=O)N[C@@H](c2ccc(C(F)(F)F)c(F)c2)C2CC2)cc(=O)[nH]1. The van der Waals surface area contributed by atoms with Gasteiger partial charge in [0.05, 0.1) is 11.6 Å². The van der Waals surface area contributed by atoms with Crippen LogP contribution in [-0.2, 0) is 6.18 Å². The predicted molar refractivity (Wildman–Crippen MR) is 93.5 cm³/mol. The smallest absolute Gasteiger partial charge is 0.348 e. The number of amides is 1. The number of nitrogens with one attached hydrogen (secondary N) is 2. The third kappa shape index (κ3) is 4.32. The van der Waals surface area contributed by atoms with Gasteiger partial charge in [-0.2, -0.15) is 13.2 Å². The Morgan fingerprint density at radius 1 is 1.29 bits per heavy atom. The summed E-state index contributed by atoms with van der Waals surface area (Å²) >= 11 is 0. The van der Waals surface area contributed by atoms with Crippen molar-refractivity contribution in [2.75, 3.05) is 19.0 Å². The normalized spacial score (nSPS) is 15.2. The fourth-order valence-corrected chi connectivity index (χ4v) is 2.85. The first-order valence-corrected chi connectivity index (χ1v) is 8.52. The topological polar surface area (TPSA) is 78.1 Å². The zero-order chi connectivity index (χ0) is 20.6. The van der Waals surface area contributed by atoms with E-state index < -0.39 is 35.1 Å². The maximum Gasteiger partial charge on any atom is 0.419 e. The largest absolute Gasteiger partial charge is 0.419 e. The Bertz CT molecular complexity index is 951. The number of carbonyl (C=O) groups is 1. The minimum absolute atomic E-state index is 0.0181. The van der Waals surface area contributed by atoms with Crippen molar-refractivity contribution in [3.63, 3.8) is 0 Å². The number of hydrogen-bond donors (Lipinski definition) is 2. The number of aromatic amines is 1. The summed E-state index contributed by atoms with van der Waals surface area (Å²) in [4.78, 5) is 32.4. The van der Waals surface area contributed by atoms with E-state index >= 15 is 0 Å². The van der Waals surface area contributed by atoms with Gasteiger partial charge < -0.3 is 10.2 Å². The summed E-state index contributed by atoms with van der Waals surface area (Å²) in [5, 5.41) is 2.67. The van der Waals surface area contributed by atoms with E-state index in [1.54, 1.807) is 14.1 Å². The summed E-state index contributed by atoms with van der Waals surface area (Å²) in [7, 11) is 3.27. The number of rotatable bonds is 5. The lowest BCUT2D eigenvalue weighted by Crippen LogP contribution is -2.32. The van der Waals surface area contributed by atoms with Crippen molar-refractivity contribution in [1.29, 1.82) is 0 Å². The molecule has 150 valence electrons. The maximum atomic E-state index is 13.9. The standard InChI is InChI=1S/C18H18F4N4O2/c1-26(2)17-23-13(8-14(27)24-17)16(28)25-15(9-3-4-9)10-5-6-11(12(19)7-10)18(20,21)22/h5-9,15H,3-4H2,1-2H3,(H,25,28)(H,23,24,27)/t15-/m1/s1. The van der Waals surface area contributed by atoms with Crippen LogP contribution in [0.3, 0.4) is 0 Å². The van der Waals surface area contributed by atoms with Gasteiger partial charge in [0, 0.05) is 20.2 Å². The van der Waals surface area contributed by atoms with Crippen LogP contribution in [0.1, 0.15) is 40.5 Å². The first-order chi connectivity index (χ1) is 13.1. The molecule has 1 amide bonds. The average Bonchev–Trinajstić information content (AvgIpc) is 3.42. The van der Waals surface area contributed by atoms with E-state index in [4.69, 9.17) is 0 Å². The van der Waals surface area contributed by atoms with E-state index in [2.05, 4.69) is 15.3 Å². The van der Waals surface area contributed by atoms with Crippen molar-refractivity contribution < 1.29 is 22.4 Å². The molecule has 2 aromatic rings. The number of benzene rings is 1. The summed E-state index contributed by atoms with van der Waals surface area (Å²) in [6.07, 6.45) is -3.29. The van der Waals surface area contributed by atoms with Gasteiger partial charge >= 0.3 is 6.18 Å². The molecule has 10 heteroatoms. The van der Waals surface area contributed by atoms with Gasteiger partial charge in [-0.3, -0.25) is 14.6 Å². The number of nitrogens with zero attached hydrogens (tertiary/aromatic N) is 2. The highest BCUT2D eigenvalue weighted by atomic mass is 19.4. The van der Waals surface area contributed by atoms with E-state index in [0.29, 0.717) is 6.07 Å². The van der Waals surface area contributed by atoms with Gasteiger partial charge in [0.25, 0.3) is 11.5 Å². The van der Waals surface area contributed by atoms with Crippen molar-refractivity contribution in [3.05, 3.63) is 57.3 Å². The summed E-state index contributed by atoms with van der Waals surface area (Å²) in [5.41, 5.74) is -1.78. The number of alkyl halides is 3. The Morgan fingerprint density at radius 2 is 1.96 bits per heavy atom. The fourth-order valence-electron chi connectivity index (χ4n) is 2.85. The second-order valence-electron chi connectivity index (χ2n) is 6.87. The lowest BCUT2D eigenvalue weighted by Gasteiger charge is -2.20. The lowest BCUT2D eigenvalue weighted by molar-refractivity contribution is -0.140. The molecular formula is C18H18F4N4O2. The van der Waals surface area contributed by atoms with Crippen molar-refractivity contribution in [1.82, 2.24) is 15.3 Å². The number of H-pyrrole nitrogens is 1. The third-order valence-electron chi connectivity index (χ3n) is 4.42. The van der Waals surface area contributed by atoms with Gasteiger partial charge in [0.2, 0.25) is 5.95 Å². The molecule has 2 N–H and O–H groups in total. The Hall–Kier alpha value is -2.91. The number of carbonyl (C=O) groups excluding carboxylic acids is 1. The zero-order valence-corrected chi connectivity index (χ0v) is 15.1. The van der Waals surface area contributed by atoms with Crippen LogP contribution in [0.25, 0.3) is 0 Å². The van der Waals surface area contributed by atoms with Gasteiger partial charge in [0.1, 0.15) is 11.5 Å². The van der Waals surface area contributed by atoms with Crippen LogP contribution in [0.15, 0.2) is 29.1 Å². The molecule has 1 fully saturated rings. The maximum absolute atomic E-state index is 13.9. The fraction of sp³-hybridized carbons (Fsp3) is 0.389. The predicted octanol–water partition coefficient (Wildman–Crippen LogP) is 2.87. The van der Waals surface area contributed by atoms with Gasteiger partial charge in [-0.15, -0.1) is 0 Å². The highest BCUT2D eigenvalue weighted by Gasteiger charge is 2.37. The van der Waals surface area contributed by atoms with Gasteiger partial charge in [-0.05, 0) is 36.5 Å². The molecule has 28 heavy (non-hydrogen) atoms. The van der Waals surface area contributed by atoms with E-state index in [1.807, 2.05) is 0 Å². The monoisotopic (exact) mass is 398 g/mol. The molecule has 6 nitrogen and oxygen atoms in total. The molecule has 1 aliphatic carbocycles. The molecule has 1 aromatic carbocycles. The Balaban J connectivity index is 1.88. The highest BCUT2D eigenvalue weighted by molar-refractivity contribution is 5.92. The zero-order valence-electron chi connectivity index (χ0n) is 15.1. The molecule has 0 aliphatic heterocycles. The first-order valence-electron chi connectivity index (χ1n) is 8.52. The molecule has 1 saturated carbocycles. The van der Waals surface area contributed by atoms with Crippen molar-refractivity contribution in [2.24, 2.45) is 5.92 Å². The van der Waals surface area contributed by atoms with Crippen LogP contribution in [0.2, 0.25) is 0 Å². The second kappa shape index (κ2) is 7.25. The summed E-state index contributed by atoms with van der Waals surface area (Å²) < 4.78 is 52.3. The van der Waals surface area contributed by atoms with Crippen LogP contribution in [-0.4, -0.2) is 30.0 Å². The molecule has 1 heterocycles. The van der Waals surface area contributed by atoms with Crippen LogP contribution < -0.4 is 15.8 Å². The Labute approximate surface area is 157 Å². The third-order valence-corrected chi connectivity index (χ3v) is 4.42. The lowest BCUT2D eigenvalue weighted by atomic mass is 10.00. The molecule has 1 aromatic heterocycles. The highest BCUT2D eigenvalue weighted by Crippen LogP contribution is 2.42. The van der Waals surface area contributed by atoms with Crippen LogP contribution in [0.4, 0.5) is 23.5 Å². The van der Waals surface area contributed by atoms with Gasteiger partial charge in [0.15, 0.2) is 0 Å².